The molecule has 0 aliphatic rings. The molecular formula is C13H22O6. The molecule has 6 nitrogen and oxygen atoms in total. The number of rotatable bonds is 9. The Balaban J connectivity index is 3.77. The third-order valence-electron chi connectivity index (χ3n) is 2.55. The van der Waals surface area contributed by atoms with Gasteiger partial charge >= 0.3 is 17.9 Å². The molecule has 0 spiro atoms. The van der Waals surface area contributed by atoms with Crippen LogP contribution >= 0.6 is 0 Å². The lowest BCUT2D eigenvalue weighted by atomic mass is 9.88. The number of hydrogen-bond acceptors (Lipinski definition) is 5. The highest BCUT2D eigenvalue weighted by Crippen LogP contribution is 2.23. The Bertz CT molecular complexity index is 321. The van der Waals surface area contributed by atoms with E-state index in [2.05, 4.69) is 0 Å². The Kier molecular flexibility index (Phi) is 7.79. The van der Waals surface area contributed by atoms with Crippen LogP contribution in [0.3, 0.4) is 0 Å². The van der Waals surface area contributed by atoms with Crippen LogP contribution in [-0.4, -0.2) is 36.2 Å². The molecule has 0 atom stereocenters. The average Bonchev–Trinajstić information content (AvgIpc) is 2.31. The Morgan fingerprint density at radius 3 is 2.16 bits per heavy atom. The van der Waals surface area contributed by atoms with Crippen LogP contribution in [-0.2, 0) is 23.9 Å². The first-order valence-electron chi connectivity index (χ1n) is 6.34. The maximum Gasteiger partial charge on any atom is 0.311 e. The molecule has 0 heterocycles. The minimum Gasteiger partial charge on any atom is -0.481 e. The predicted octanol–water partition coefficient (Wildman–Crippen LogP) is 1.76. The first kappa shape index (κ1) is 17.4. The summed E-state index contributed by atoms with van der Waals surface area (Å²) < 4.78 is 9.74. The highest BCUT2D eigenvalue weighted by molar-refractivity contribution is 5.77. The third-order valence-corrected chi connectivity index (χ3v) is 2.55. The van der Waals surface area contributed by atoms with Gasteiger partial charge in [-0.2, -0.15) is 0 Å². The fraction of sp³-hybridized carbons (Fsp3) is 0.769. The standard InChI is InChI=1S/C13H22O6/c1-4-7-13(2,3)12(17)19-9-8-18-11(16)6-5-10(14)15/h4-9H2,1-3H3,(H,14,15). The SMILES string of the molecule is CCCC(C)(C)C(=O)OCCOC(=O)CCC(=O)O. The summed E-state index contributed by atoms with van der Waals surface area (Å²) in [7, 11) is 0. The molecule has 0 bridgehead atoms. The van der Waals surface area contributed by atoms with Crippen molar-refractivity contribution in [1.82, 2.24) is 0 Å². The van der Waals surface area contributed by atoms with Gasteiger partial charge < -0.3 is 14.6 Å². The van der Waals surface area contributed by atoms with E-state index in [0.29, 0.717) is 0 Å². The highest BCUT2D eigenvalue weighted by Gasteiger charge is 2.28. The fourth-order valence-electron chi connectivity index (χ4n) is 1.49. The van der Waals surface area contributed by atoms with Gasteiger partial charge in [0.2, 0.25) is 0 Å². The summed E-state index contributed by atoms with van der Waals surface area (Å²) in [5.74, 6) is -1.98. The van der Waals surface area contributed by atoms with Crippen LogP contribution in [0.15, 0.2) is 0 Å². The molecule has 0 aromatic heterocycles. The van der Waals surface area contributed by atoms with Crippen molar-refractivity contribution in [3.8, 4) is 0 Å². The summed E-state index contributed by atoms with van der Waals surface area (Å²) in [5.41, 5.74) is -0.540. The monoisotopic (exact) mass is 274 g/mol. The van der Waals surface area contributed by atoms with Crippen molar-refractivity contribution in [2.45, 2.75) is 46.5 Å². The summed E-state index contributed by atoms with van der Waals surface area (Å²) in [5, 5.41) is 8.37. The molecule has 0 unspecified atom stereocenters. The number of aliphatic carboxylic acids is 1. The number of ether oxygens (including phenoxy) is 2. The van der Waals surface area contributed by atoms with Crippen molar-refractivity contribution in [2.24, 2.45) is 5.41 Å². The molecule has 0 aliphatic carbocycles. The Morgan fingerprint density at radius 1 is 1.05 bits per heavy atom. The van der Waals surface area contributed by atoms with Gasteiger partial charge in [-0.25, -0.2) is 0 Å². The summed E-state index contributed by atoms with van der Waals surface area (Å²) >= 11 is 0. The highest BCUT2D eigenvalue weighted by atomic mass is 16.6. The van der Waals surface area contributed by atoms with Crippen LogP contribution in [0.5, 0.6) is 0 Å². The van der Waals surface area contributed by atoms with Gasteiger partial charge in [-0.05, 0) is 20.3 Å². The van der Waals surface area contributed by atoms with Gasteiger partial charge in [0.1, 0.15) is 13.2 Å². The van der Waals surface area contributed by atoms with E-state index in [9.17, 15) is 14.4 Å². The summed E-state index contributed by atoms with van der Waals surface area (Å²) in [6, 6.07) is 0. The second-order valence-electron chi connectivity index (χ2n) is 4.88. The van der Waals surface area contributed by atoms with Crippen molar-refractivity contribution in [3.63, 3.8) is 0 Å². The van der Waals surface area contributed by atoms with Crippen molar-refractivity contribution in [1.29, 1.82) is 0 Å². The lowest BCUT2D eigenvalue weighted by Crippen LogP contribution is -2.27. The van der Waals surface area contributed by atoms with Crippen molar-refractivity contribution in [2.75, 3.05) is 13.2 Å². The van der Waals surface area contributed by atoms with E-state index in [-0.39, 0.29) is 32.0 Å². The fourth-order valence-corrected chi connectivity index (χ4v) is 1.49. The minimum atomic E-state index is -1.05. The van der Waals surface area contributed by atoms with Gasteiger partial charge in [-0.15, -0.1) is 0 Å². The van der Waals surface area contributed by atoms with E-state index in [1.165, 1.54) is 0 Å². The van der Waals surface area contributed by atoms with Crippen LogP contribution in [0.4, 0.5) is 0 Å². The van der Waals surface area contributed by atoms with E-state index in [1.807, 2.05) is 6.92 Å². The van der Waals surface area contributed by atoms with Crippen LogP contribution < -0.4 is 0 Å². The molecule has 0 rings (SSSR count). The maximum atomic E-state index is 11.7. The summed E-state index contributed by atoms with van der Waals surface area (Å²) in [4.78, 5) is 33.0. The second kappa shape index (κ2) is 8.50. The molecule has 19 heavy (non-hydrogen) atoms. The Morgan fingerprint density at radius 2 is 1.63 bits per heavy atom. The van der Waals surface area contributed by atoms with Crippen molar-refractivity contribution < 1.29 is 29.0 Å². The summed E-state index contributed by atoms with van der Waals surface area (Å²) in [6.45, 7) is 5.53. The Labute approximate surface area is 113 Å². The quantitative estimate of drug-likeness (QED) is 0.509. The van der Waals surface area contributed by atoms with Gasteiger partial charge in [0.25, 0.3) is 0 Å². The molecule has 0 aromatic carbocycles. The number of carbonyl (C=O) groups excluding carboxylic acids is 2. The zero-order valence-electron chi connectivity index (χ0n) is 11.7. The van der Waals surface area contributed by atoms with Gasteiger partial charge in [0, 0.05) is 0 Å². The number of carboxylic acids is 1. The van der Waals surface area contributed by atoms with E-state index < -0.39 is 17.4 Å². The number of esters is 2. The van der Waals surface area contributed by atoms with E-state index in [0.717, 1.165) is 12.8 Å². The number of hydrogen-bond donors (Lipinski definition) is 1. The van der Waals surface area contributed by atoms with E-state index in [1.54, 1.807) is 13.8 Å². The molecule has 6 heteroatoms. The lowest BCUT2D eigenvalue weighted by Gasteiger charge is -2.21. The third kappa shape index (κ3) is 8.18. The molecule has 0 aromatic rings. The topological polar surface area (TPSA) is 89.9 Å². The van der Waals surface area contributed by atoms with Crippen LogP contribution in [0, 0.1) is 5.41 Å². The molecule has 110 valence electrons. The van der Waals surface area contributed by atoms with Crippen LogP contribution in [0.2, 0.25) is 0 Å². The lowest BCUT2D eigenvalue weighted by molar-refractivity contribution is -0.159. The Hall–Kier alpha value is -1.59. The van der Waals surface area contributed by atoms with Crippen LogP contribution in [0.1, 0.15) is 46.5 Å². The average molecular weight is 274 g/mol. The minimum absolute atomic E-state index is 0.00914. The van der Waals surface area contributed by atoms with E-state index in [4.69, 9.17) is 14.6 Å². The molecule has 0 saturated heterocycles. The zero-order valence-corrected chi connectivity index (χ0v) is 11.7. The molecule has 0 aliphatic heterocycles. The number of carbonyl (C=O) groups is 3. The predicted molar refractivity (Wildman–Crippen MR) is 67.5 cm³/mol. The normalized spacial score (nSPS) is 10.9. The number of carboxylic acid groups (broad SMARTS) is 1. The van der Waals surface area contributed by atoms with Gasteiger partial charge in [0.15, 0.2) is 0 Å². The van der Waals surface area contributed by atoms with Gasteiger partial charge in [0.05, 0.1) is 18.3 Å². The summed E-state index contributed by atoms with van der Waals surface area (Å²) in [6.07, 6.45) is 1.17. The second-order valence-corrected chi connectivity index (χ2v) is 4.88. The first-order valence-corrected chi connectivity index (χ1v) is 6.34. The largest absolute Gasteiger partial charge is 0.481 e. The zero-order chi connectivity index (χ0) is 14.9. The first-order chi connectivity index (χ1) is 8.79. The molecule has 0 fully saturated rings. The van der Waals surface area contributed by atoms with Crippen molar-refractivity contribution >= 4 is 17.9 Å². The van der Waals surface area contributed by atoms with E-state index >= 15 is 0 Å². The molecule has 0 radical (unpaired) electrons. The van der Waals surface area contributed by atoms with Gasteiger partial charge in [-0.3, -0.25) is 14.4 Å². The molecule has 0 amide bonds. The maximum absolute atomic E-state index is 11.7. The smallest absolute Gasteiger partial charge is 0.311 e. The van der Waals surface area contributed by atoms with Gasteiger partial charge in [-0.1, -0.05) is 13.3 Å². The molecule has 1 N–H and O–H groups in total. The molecule has 0 saturated carbocycles. The van der Waals surface area contributed by atoms with Crippen molar-refractivity contribution in [3.05, 3.63) is 0 Å². The van der Waals surface area contributed by atoms with Crippen LogP contribution in [0.25, 0.3) is 0 Å². The molecular weight excluding hydrogens is 252 g/mol.